The largest absolute Gasteiger partial charge is 0.470 e. The van der Waals surface area contributed by atoms with Crippen molar-refractivity contribution in [3.8, 4) is 5.88 Å². The molecule has 0 aliphatic heterocycles. The molecule has 0 aliphatic rings. The third kappa shape index (κ3) is 3.25. The summed E-state index contributed by atoms with van der Waals surface area (Å²) >= 11 is 0. The lowest BCUT2D eigenvalue weighted by molar-refractivity contribution is -0.387. The standard InChI is InChI=1S/C9H14N4O4/c1-3-10-9-11-6(2)7(13(15)16)8(12-9)17-5-4-14/h14H,3-5H2,1-2H3,(H,10,11,12). The highest BCUT2D eigenvalue weighted by Gasteiger charge is 2.23. The van der Waals surface area contributed by atoms with Gasteiger partial charge >= 0.3 is 5.69 Å². The molecule has 0 amide bonds. The summed E-state index contributed by atoms with van der Waals surface area (Å²) in [4.78, 5) is 18.1. The summed E-state index contributed by atoms with van der Waals surface area (Å²) in [7, 11) is 0. The zero-order valence-corrected chi connectivity index (χ0v) is 9.63. The van der Waals surface area contributed by atoms with Gasteiger partial charge in [-0.25, -0.2) is 4.98 Å². The molecule has 0 radical (unpaired) electrons. The number of hydrogen-bond donors (Lipinski definition) is 2. The van der Waals surface area contributed by atoms with Crippen LogP contribution in [0.2, 0.25) is 0 Å². The van der Waals surface area contributed by atoms with E-state index in [1.165, 1.54) is 6.92 Å². The van der Waals surface area contributed by atoms with Crippen LogP contribution in [-0.2, 0) is 0 Å². The van der Waals surface area contributed by atoms with Crippen molar-refractivity contribution < 1.29 is 14.8 Å². The number of nitrogens with zero attached hydrogens (tertiary/aromatic N) is 3. The van der Waals surface area contributed by atoms with Gasteiger partial charge in [0.1, 0.15) is 12.3 Å². The van der Waals surface area contributed by atoms with Gasteiger partial charge < -0.3 is 15.2 Å². The fourth-order valence-electron chi connectivity index (χ4n) is 1.23. The Morgan fingerprint density at radius 3 is 2.76 bits per heavy atom. The first-order chi connectivity index (χ1) is 8.10. The molecular weight excluding hydrogens is 228 g/mol. The Morgan fingerprint density at radius 1 is 1.53 bits per heavy atom. The smallest absolute Gasteiger partial charge is 0.352 e. The molecule has 1 rings (SSSR count). The van der Waals surface area contributed by atoms with E-state index >= 15 is 0 Å². The van der Waals surface area contributed by atoms with Crippen molar-refractivity contribution in [2.24, 2.45) is 0 Å². The number of nitro groups is 1. The summed E-state index contributed by atoms with van der Waals surface area (Å²) in [5.74, 6) is 0.135. The quantitative estimate of drug-likeness (QED) is 0.551. The van der Waals surface area contributed by atoms with Gasteiger partial charge in [-0.3, -0.25) is 10.1 Å². The van der Waals surface area contributed by atoms with Gasteiger partial charge in [0.2, 0.25) is 5.95 Å². The zero-order valence-electron chi connectivity index (χ0n) is 9.63. The molecule has 8 heteroatoms. The Kier molecular flexibility index (Phi) is 4.58. The summed E-state index contributed by atoms with van der Waals surface area (Å²) in [6.07, 6.45) is 0. The lowest BCUT2D eigenvalue weighted by Gasteiger charge is -2.08. The molecular formula is C9H14N4O4. The first-order valence-electron chi connectivity index (χ1n) is 5.10. The van der Waals surface area contributed by atoms with E-state index in [9.17, 15) is 10.1 Å². The minimum absolute atomic E-state index is 0.0527. The fraction of sp³-hybridized carbons (Fsp3) is 0.556. The highest BCUT2D eigenvalue weighted by atomic mass is 16.6. The summed E-state index contributed by atoms with van der Waals surface area (Å²) in [6, 6.07) is 0. The lowest BCUT2D eigenvalue weighted by atomic mass is 10.3. The maximum atomic E-state index is 10.8. The summed E-state index contributed by atoms with van der Waals surface area (Å²) in [5, 5.41) is 22.3. The van der Waals surface area contributed by atoms with Crippen molar-refractivity contribution >= 4 is 11.6 Å². The highest BCUT2D eigenvalue weighted by molar-refractivity contribution is 5.48. The third-order valence-electron chi connectivity index (χ3n) is 1.87. The minimum Gasteiger partial charge on any atom is -0.470 e. The van der Waals surface area contributed by atoms with Gasteiger partial charge in [0.25, 0.3) is 5.88 Å². The van der Waals surface area contributed by atoms with Gasteiger partial charge in [-0.05, 0) is 13.8 Å². The summed E-state index contributed by atoms with van der Waals surface area (Å²) in [6.45, 7) is 3.66. The van der Waals surface area contributed by atoms with Gasteiger partial charge in [0, 0.05) is 6.54 Å². The molecule has 0 saturated carbocycles. The molecule has 0 atom stereocenters. The van der Waals surface area contributed by atoms with Crippen LogP contribution in [0.3, 0.4) is 0 Å². The normalized spacial score (nSPS) is 10.1. The van der Waals surface area contributed by atoms with Crippen molar-refractivity contribution in [2.45, 2.75) is 13.8 Å². The monoisotopic (exact) mass is 242 g/mol. The topological polar surface area (TPSA) is 110 Å². The van der Waals surface area contributed by atoms with Crippen molar-refractivity contribution in [3.05, 3.63) is 15.8 Å². The lowest BCUT2D eigenvalue weighted by Crippen LogP contribution is -2.10. The Labute approximate surface area is 97.8 Å². The van der Waals surface area contributed by atoms with Gasteiger partial charge in [-0.15, -0.1) is 0 Å². The van der Waals surface area contributed by atoms with Crippen LogP contribution >= 0.6 is 0 Å². The fourth-order valence-corrected chi connectivity index (χ4v) is 1.23. The number of hydrogen-bond acceptors (Lipinski definition) is 7. The number of anilines is 1. The predicted molar refractivity (Wildman–Crippen MR) is 60.2 cm³/mol. The average Bonchev–Trinajstić information content (AvgIpc) is 2.25. The Bertz CT molecular complexity index is 410. The van der Waals surface area contributed by atoms with E-state index in [0.29, 0.717) is 6.54 Å². The van der Waals surface area contributed by atoms with Gasteiger partial charge in [0.05, 0.1) is 11.5 Å². The molecule has 0 unspecified atom stereocenters. The van der Waals surface area contributed by atoms with Crippen LogP contribution in [0.1, 0.15) is 12.6 Å². The van der Waals surface area contributed by atoms with Crippen LogP contribution in [0.15, 0.2) is 0 Å². The summed E-state index contributed by atoms with van der Waals surface area (Å²) in [5.41, 5.74) is -0.0611. The number of ether oxygens (including phenoxy) is 1. The van der Waals surface area contributed by atoms with Crippen molar-refractivity contribution in [1.82, 2.24) is 9.97 Å². The molecule has 94 valence electrons. The van der Waals surface area contributed by atoms with Crippen molar-refractivity contribution in [2.75, 3.05) is 25.1 Å². The highest BCUT2D eigenvalue weighted by Crippen LogP contribution is 2.28. The molecule has 8 nitrogen and oxygen atoms in total. The van der Waals surface area contributed by atoms with Crippen LogP contribution in [0.5, 0.6) is 5.88 Å². The maximum absolute atomic E-state index is 10.8. The first-order valence-corrected chi connectivity index (χ1v) is 5.10. The van der Waals surface area contributed by atoms with Gasteiger partial charge in [-0.1, -0.05) is 0 Å². The number of aliphatic hydroxyl groups is 1. The maximum Gasteiger partial charge on any atom is 0.352 e. The molecule has 0 aliphatic carbocycles. The summed E-state index contributed by atoms with van der Waals surface area (Å²) < 4.78 is 5.03. The van der Waals surface area contributed by atoms with E-state index in [1.807, 2.05) is 6.92 Å². The molecule has 0 aromatic carbocycles. The predicted octanol–water partition coefficient (Wildman–Crippen LogP) is 0.496. The van der Waals surface area contributed by atoms with Crippen LogP contribution in [0, 0.1) is 17.0 Å². The van der Waals surface area contributed by atoms with Gasteiger partial charge in [0.15, 0.2) is 0 Å². The third-order valence-corrected chi connectivity index (χ3v) is 1.87. The second kappa shape index (κ2) is 5.94. The van der Waals surface area contributed by atoms with E-state index in [2.05, 4.69) is 15.3 Å². The number of rotatable bonds is 6. The van der Waals surface area contributed by atoms with E-state index < -0.39 is 4.92 Å². The van der Waals surface area contributed by atoms with Crippen LogP contribution in [0.25, 0.3) is 0 Å². The van der Waals surface area contributed by atoms with Crippen LogP contribution < -0.4 is 10.1 Å². The van der Waals surface area contributed by atoms with E-state index in [4.69, 9.17) is 9.84 Å². The molecule has 1 aromatic heterocycles. The molecule has 2 N–H and O–H groups in total. The molecule has 0 fully saturated rings. The molecule has 0 spiro atoms. The van der Waals surface area contributed by atoms with E-state index in [-0.39, 0.29) is 36.4 Å². The second-order valence-corrected chi connectivity index (χ2v) is 3.15. The number of nitrogens with one attached hydrogen (secondary N) is 1. The first kappa shape index (κ1) is 13.1. The second-order valence-electron chi connectivity index (χ2n) is 3.15. The Hall–Kier alpha value is -1.96. The number of aryl methyl sites for hydroxylation is 1. The molecule has 17 heavy (non-hydrogen) atoms. The van der Waals surface area contributed by atoms with Crippen LogP contribution in [0.4, 0.5) is 11.6 Å². The number of aromatic nitrogens is 2. The molecule has 1 aromatic rings. The number of aliphatic hydroxyl groups excluding tert-OH is 1. The molecule has 0 bridgehead atoms. The molecule has 0 saturated heterocycles. The SMILES string of the molecule is CCNc1nc(C)c([N+](=O)[O-])c(OCCO)n1. The van der Waals surface area contributed by atoms with Crippen molar-refractivity contribution in [1.29, 1.82) is 0 Å². The van der Waals surface area contributed by atoms with E-state index in [1.54, 1.807) is 0 Å². The zero-order chi connectivity index (χ0) is 12.8. The molecule has 1 heterocycles. The van der Waals surface area contributed by atoms with Crippen molar-refractivity contribution in [3.63, 3.8) is 0 Å². The Balaban J connectivity index is 3.14. The van der Waals surface area contributed by atoms with Crippen LogP contribution in [-0.4, -0.2) is 39.8 Å². The minimum atomic E-state index is -0.599. The van der Waals surface area contributed by atoms with Gasteiger partial charge in [-0.2, -0.15) is 4.98 Å². The average molecular weight is 242 g/mol. The Morgan fingerprint density at radius 2 is 2.24 bits per heavy atom. The van der Waals surface area contributed by atoms with E-state index in [0.717, 1.165) is 0 Å².